The van der Waals surface area contributed by atoms with Crippen molar-refractivity contribution in [1.29, 1.82) is 0 Å². The van der Waals surface area contributed by atoms with Gasteiger partial charge in [0.25, 0.3) is 5.91 Å². The molecule has 3 rings (SSSR count). The summed E-state index contributed by atoms with van der Waals surface area (Å²) < 4.78 is 15.1. The van der Waals surface area contributed by atoms with Gasteiger partial charge in [-0.1, -0.05) is 18.2 Å². The second kappa shape index (κ2) is 6.22. The second-order valence-electron chi connectivity index (χ2n) is 4.90. The highest BCUT2D eigenvalue weighted by atomic mass is 19.1. The fourth-order valence-corrected chi connectivity index (χ4v) is 2.17. The minimum atomic E-state index is -0.429. The lowest BCUT2D eigenvalue weighted by atomic mass is 10.1. The Morgan fingerprint density at radius 1 is 1.18 bits per heavy atom. The topological polar surface area (TPSA) is 46.9 Å². The molecular weight excluding hydrogens is 281 g/mol. The fourth-order valence-electron chi connectivity index (χ4n) is 2.17. The first-order chi connectivity index (χ1) is 10.7. The molecule has 0 saturated carbocycles. The molecule has 1 heterocycles. The van der Waals surface area contributed by atoms with E-state index < -0.39 is 5.82 Å². The van der Waals surface area contributed by atoms with Gasteiger partial charge in [0.2, 0.25) is 0 Å². The lowest BCUT2D eigenvalue weighted by Crippen LogP contribution is -2.12. The van der Waals surface area contributed by atoms with E-state index in [1.54, 1.807) is 24.7 Å². The van der Waals surface area contributed by atoms with Crippen LogP contribution in [0.25, 0.3) is 0 Å². The summed E-state index contributed by atoms with van der Waals surface area (Å²) in [6, 6.07) is 13.1. The molecule has 0 aliphatic rings. The summed E-state index contributed by atoms with van der Waals surface area (Å²) in [6.45, 7) is 0.670. The summed E-state index contributed by atoms with van der Waals surface area (Å²) in [5.41, 5.74) is 2.00. The molecule has 0 bridgehead atoms. The summed E-state index contributed by atoms with van der Waals surface area (Å²) in [7, 11) is 0. The van der Waals surface area contributed by atoms with Crippen LogP contribution in [0.2, 0.25) is 0 Å². The average molecular weight is 295 g/mol. The van der Waals surface area contributed by atoms with Crippen LogP contribution in [0.1, 0.15) is 15.9 Å². The number of aromatic nitrogens is 2. The van der Waals surface area contributed by atoms with Crippen LogP contribution < -0.4 is 5.32 Å². The highest BCUT2D eigenvalue weighted by Gasteiger charge is 2.07. The van der Waals surface area contributed by atoms with Gasteiger partial charge in [-0.05, 0) is 35.9 Å². The first kappa shape index (κ1) is 14.0. The number of halogens is 1. The second-order valence-corrected chi connectivity index (χ2v) is 4.90. The van der Waals surface area contributed by atoms with E-state index in [0.717, 1.165) is 5.56 Å². The Balaban J connectivity index is 1.74. The number of carbonyl (C=O) groups excluding carboxylic acids is 1. The zero-order chi connectivity index (χ0) is 15.4. The Hall–Kier alpha value is -2.95. The number of benzene rings is 2. The van der Waals surface area contributed by atoms with Crippen LogP contribution in [0.15, 0.2) is 67.3 Å². The van der Waals surface area contributed by atoms with Crippen LogP contribution in [-0.4, -0.2) is 15.5 Å². The van der Waals surface area contributed by atoms with Gasteiger partial charge in [-0.3, -0.25) is 4.79 Å². The number of hydrogen-bond acceptors (Lipinski definition) is 2. The smallest absolute Gasteiger partial charge is 0.255 e. The maximum absolute atomic E-state index is 13.2. The number of nitrogens with one attached hydrogen (secondary N) is 1. The fraction of sp³-hybridized carbons (Fsp3) is 0.0588. The van der Waals surface area contributed by atoms with E-state index in [1.165, 1.54) is 18.2 Å². The van der Waals surface area contributed by atoms with Crippen LogP contribution in [-0.2, 0) is 6.54 Å². The predicted molar refractivity (Wildman–Crippen MR) is 82.1 cm³/mol. The monoisotopic (exact) mass is 295 g/mol. The zero-order valence-corrected chi connectivity index (χ0v) is 11.7. The van der Waals surface area contributed by atoms with Crippen LogP contribution in [0.4, 0.5) is 10.1 Å². The van der Waals surface area contributed by atoms with Gasteiger partial charge in [-0.2, -0.15) is 0 Å². The molecule has 22 heavy (non-hydrogen) atoms. The van der Waals surface area contributed by atoms with Crippen molar-refractivity contribution in [2.24, 2.45) is 0 Å². The summed E-state index contributed by atoms with van der Waals surface area (Å²) in [4.78, 5) is 16.1. The van der Waals surface area contributed by atoms with Crippen LogP contribution in [0.3, 0.4) is 0 Å². The number of nitrogens with zero attached hydrogens (tertiary/aromatic N) is 2. The Kier molecular flexibility index (Phi) is 3.96. The van der Waals surface area contributed by atoms with Crippen molar-refractivity contribution in [3.05, 3.63) is 84.2 Å². The summed E-state index contributed by atoms with van der Waals surface area (Å²) >= 11 is 0. The van der Waals surface area contributed by atoms with Gasteiger partial charge >= 0.3 is 0 Å². The number of amides is 1. The first-order valence-electron chi connectivity index (χ1n) is 6.82. The van der Waals surface area contributed by atoms with Crippen molar-refractivity contribution in [1.82, 2.24) is 9.55 Å². The van der Waals surface area contributed by atoms with E-state index in [2.05, 4.69) is 10.3 Å². The van der Waals surface area contributed by atoms with Crippen LogP contribution >= 0.6 is 0 Å². The molecule has 1 aromatic heterocycles. The van der Waals surface area contributed by atoms with E-state index in [9.17, 15) is 9.18 Å². The van der Waals surface area contributed by atoms with Crippen molar-refractivity contribution in [3.63, 3.8) is 0 Å². The van der Waals surface area contributed by atoms with Crippen molar-refractivity contribution < 1.29 is 9.18 Å². The Morgan fingerprint density at radius 2 is 2.05 bits per heavy atom. The molecule has 0 atom stereocenters. The van der Waals surface area contributed by atoms with E-state index in [4.69, 9.17) is 0 Å². The molecular formula is C17H14FN3O. The largest absolute Gasteiger partial charge is 0.333 e. The maximum Gasteiger partial charge on any atom is 0.255 e. The first-order valence-corrected chi connectivity index (χ1v) is 6.82. The Bertz CT molecular complexity index is 784. The van der Waals surface area contributed by atoms with Crippen molar-refractivity contribution in [2.45, 2.75) is 6.54 Å². The molecule has 4 nitrogen and oxygen atoms in total. The highest BCUT2D eigenvalue weighted by Crippen LogP contribution is 2.14. The molecule has 0 fully saturated rings. The normalized spacial score (nSPS) is 10.4. The molecule has 110 valence electrons. The molecule has 5 heteroatoms. The summed E-state index contributed by atoms with van der Waals surface area (Å²) in [5.74, 6) is -0.763. The molecule has 2 aromatic carbocycles. The van der Waals surface area contributed by atoms with Crippen molar-refractivity contribution >= 4 is 11.6 Å². The van der Waals surface area contributed by atoms with E-state index in [1.807, 2.05) is 29.0 Å². The molecule has 0 saturated heterocycles. The minimum absolute atomic E-state index is 0.292. The van der Waals surface area contributed by atoms with Crippen LogP contribution in [0.5, 0.6) is 0 Å². The third-order valence-corrected chi connectivity index (χ3v) is 3.20. The molecule has 0 aliphatic heterocycles. The SMILES string of the molecule is O=C(Nc1cccc(Cn2ccnc2)c1)c1cccc(F)c1. The number of hydrogen-bond donors (Lipinski definition) is 1. The van der Waals surface area contributed by atoms with E-state index in [-0.39, 0.29) is 5.91 Å². The van der Waals surface area contributed by atoms with E-state index in [0.29, 0.717) is 17.8 Å². The summed E-state index contributed by atoms with van der Waals surface area (Å²) in [5, 5.41) is 2.77. The average Bonchev–Trinajstić information content (AvgIpc) is 3.00. The Morgan fingerprint density at radius 3 is 2.82 bits per heavy atom. The molecule has 1 N–H and O–H groups in total. The van der Waals surface area contributed by atoms with Gasteiger partial charge in [-0.15, -0.1) is 0 Å². The third kappa shape index (κ3) is 3.38. The van der Waals surface area contributed by atoms with Gasteiger partial charge in [0.05, 0.1) is 6.33 Å². The third-order valence-electron chi connectivity index (χ3n) is 3.20. The quantitative estimate of drug-likeness (QED) is 0.802. The van der Waals surface area contributed by atoms with Gasteiger partial charge in [0.1, 0.15) is 5.82 Å². The lowest BCUT2D eigenvalue weighted by molar-refractivity contribution is 0.102. The Labute approximate surface area is 127 Å². The summed E-state index contributed by atoms with van der Waals surface area (Å²) in [6.07, 6.45) is 5.32. The van der Waals surface area contributed by atoms with Gasteiger partial charge < -0.3 is 9.88 Å². The van der Waals surface area contributed by atoms with E-state index >= 15 is 0 Å². The molecule has 3 aromatic rings. The molecule has 0 unspecified atom stereocenters. The molecule has 0 aliphatic carbocycles. The number of anilines is 1. The van der Waals surface area contributed by atoms with Gasteiger partial charge in [0.15, 0.2) is 0 Å². The lowest BCUT2D eigenvalue weighted by Gasteiger charge is -2.08. The highest BCUT2D eigenvalue weighted by molar-refractivity contribution is 6.04. The zero-order valence-electron chi connectivity index (χ0n) is 11.7. The maximum atomic E-state index is 13.2. The molecule has 1 amide bonds. The van der Waals surface area contributed by atoms with Gasteiger partial charge in [-0.25, -0.2) is 9.37 Å². The molecule has 0 radical (unpaired) electrons. The standard InChI is InChI=1S/C17H14FN3O/c18-15-5-2-4-14(10-15)17(22)20-16-6-1-3-13(9-16)11-21-8-7-19-12-21/h1-10,12H,11H2,(H,20,22). The number of rotatable bonds is 4. The predicted octanol–water partition coefficient (Wildman–Crippen LogP) is 3.32. The number of imidazole rings is 1. The van der Waals surface area contributed by atoms with Gasteiger partial charge in [0, 0.05) is 30.2 Å². The van der Waals surface area contributed by atoms with Crippen LogP contribution in [0, 0.1) is 5.82 Å². The van der Waals surface area contributed by atoms with Crippen molar-refractivity contribution in [2.75, 3.05) is 5.32 Å². The van der Waals surface area contributed by atoms with Crippen molar-refractivity contribution in [3.8, 4) is 0 Å². The molecule has 0 spiro atoms. The minimum Gasteiger partial charge on any atom is -0.333 e. The number of carbonyl (C=O) groups is 1.